The number of amides is 2. The van der Waals surface area contributed by atoms with Gasteiger partial charge in [-0.1, -0.05) is 30.3 Å². The van der Waals surface area contributed by atoms with Crippen molar-refractivity contribution in [2.24, 2.45) is 0 Å². The maximum Gasteiger partial charge on any atom is 0.274 e. The zero-order valence-electron chi connectivity index (χ0n) is 16.3. The van der Waals surface area contributed by atoms with Crippen LogP contribution in [0, 0.1) is 19.7 Å². The number of pyridine rings is 1. The lowest BCUT2D eigenvalue weighted by molar-refractivity contribution is 0.0949. The summed E-state index contributed by atoms with van der Waals surface area (Å²) in [6.45, 7) is 4.17. The lowest BCUT2D eigenvalue weighted by Gasteiger charge is -2.09. The van der Waals surface area contributed by atoms with Gasteiger partial charge in [0, 0.05) is 12.2 Å². The molecule has 2 aromatic carbocycles. The first-order valence-electron chi connectivity index (χ1n) is 9.30. The zero-order valence-corrected chi connectivity index (χ0v) is 16.3. The Kier molecular flexibility index (Phi) is 6.34. The van der Waals surface area contributed by atoms with Crippen molar-refractivity contribution in [1.82, 2.24) is 10.3 Å². The minimum Gasteiger partial charge on any atom is -0.350 e. The number of aromatic nitrogens is 1. The van der Waals surface area contributed by atoms with Gasteiger partial charge in [0.2, 0.25) is 0 Å². The summed E-state index contributed by atoms with van der Waals surface area (Å²) in [6, 6.07) is 16.9. The fourth-order valence-electron chi connectivity index (χ4n) is 3.03. The minimum absolute atomic E-state index is 0.131. The number of rotatable bonds is 6. The summed E-state index contributed by atoms with van der Waals surface area (Å²) >= 11 is 0. The highest BCUT2D eigenvalue weighted by atomic mass is 19.1. The van der Waals surface area contributed by atoms with Crippen molar-refractivity contribution < 1.29 is 14.0 Å². The molecule has 0 fully saturated rings. The zero-order chi connectivity index (χ0) is 20.8. The number of carbonyl (C=O) groups is 2. The van der Waals surface area contributed by atoms with Crippen LogP contribution in [0.15, 0.2) is 60.7 Å². The molecule has 1 aromatic heterocycles. The highest BCUT2D eigenvalue weighted by Crippen LogP contribution is 2.15. The predicted molar refractivity (Wildman–Crippen MR) is 111 cm³/mol. The first-order chi connectivity index (χ1) is 13.9. The third-order valence-corrected chi connectivity index (χ3v) is 4.33. The molecule has 0 atom stereocenters. The van der Waals surface area contributed by atoms with E-state index in [1.807, 2.05) is 32.0 Å². The summed E-state index contributed by atoms with van der Waals surface area (Å²) in [5.74, 6) is -1.11. The third kappa shape index (κ3) is 5.48. The highest BCUT2D eigenvalue weighted by Gasteiger charge is 2.13. The molecule has 0 aliphatic carbocycles. The molecule has 3 aromatic rings. The second-order valence-corrected chi connectivity index (χ2v) is 6.84. The van der Waals surface area contributed by atoms with Gasteiger partial charge in [0.1, 0.15) is 17.2 Å². The maximum absolute atomic E-state index is 13.6. The molecule has 1 heterocycles. The van der Waals surface area contributed by atoms with E-state index < -0.39 is 11.8 Å². The van der Waals surface area contributed by atoms with Crippen LogP contribution < -0.4 is 10.6 Å². The van der Waals surface area contributed by atoms with Crippen molar-refractivity contribution in [3.05, 3.63) is 94.6 Å². The normalized spacial score (nSPS) is 10.4. The smallest absolute Gasteiger partial charge is 0.274 e. The molecule has 0 saturated carbocycles. The van der Waals surface area contributed by atoms with Gasteiger partial charge in [-0.2, -0.15) is 0 Å². The van der Waals surface area contributed by atoms with Crippen molar-refractivity contribution >= 4 is 17.5 Å². The maximum atomic E-state index is 13.6. The lowest BCUT2D eigenvalue weighted by Crippen LogP contribution is -2.27. The number of hydrogen-bond acceptors (Lipinski definition) is 3. The first kappa shape index (κ1) is 20.2. The number of nitrogens with zero attached hydrogens (tertiary/aromatic N) is 1. The summed E-state index contributed by atoms with van der Waals surface area (Å²) in [6.07, 6.45) is 0.366. The third-order valence-electron chi connectivity index (χ3n) is 4.33. The Morgan fingerprint density at radius 3 is 2.24 bits per heavy atom. The van der Waals surface area contributed by atoms with Gasteiger partial charge in [-0.15, -0.1) is 0 Å². The number of anilines is 1. The van der Waals surface area contributed by atoms with E-state index >= 15 is 0 Å². The van der Waals surface area contributed by atoms with Crippen LogP contribution in [0.1, 0.15) is 37.7 Å². The Balaban J connectivity index is 1.62. The number of benzene rings is 2. The van der Waals surface area contributed by atoms with E-state index in [2.05, 4.69) is 15.6 Å². The molecule has 29 heavy (non-hydrogen) atoms. The van der Waals surface area contributed by atoms with Crippen molar-refractivity contribution in [3.8, 4) is 0 Å². The number of nitrogens with one attached hydrogen (secondary N) is 2. The molecular weight excluding hydrogens is 369 g/mol. The van der Waals surface area contributed by atoms with Crippen LogP contribution in [0.4, 0.5) is 10.1 Å². The molecule has 0 radical (unpaired) electrons. The Morgan fingerprint density at radius 1 is 0.897 bits per heavy atom. The molecule has 6 heteroatoms. The Morgan fingerprint density at radius 2 is 1.55 bits per heavy atom. The summed E-state index contributed by atoms with van der Waals surface area (Å²) in [5, 5.41) is 5.51. The van der Waals surface area contributed by atoms with E-state index in [1.165, 1.54) is 12.1 Å². The average Bonchev–Trinajstić information content (AvgIpc) is 2.68. The second kappa shape index (κ2) is 9.10. The molecule has 0 aliphatic heterocycles. The minimum atomic E-state index is -0.414. The van der Waals surface area contributed by atoms with E-state index in [1.54, 1.807) is 30.3 Å². The van der Waals surface area contributed by atoms with Gasteiger partial charge in [-0.05, 0) is 67.3 Å². The Hall–Kier alpha value is -3.54. The quantitative estimate of drug-likeness (QED) is 0.666. The highest BCUT2D eigenvalue weighted by molar-refractivity contribution is 6.03. The second-order valence-electron chi connectivity index (χ2n) is 6.84. The summed E-state index contributed by atoms with van der Waals surface area (Å²) in [7, 11) is 0. The monoisotopic (exact) mass is 391 g/mol. The van der Waals surface area contributed by atoms with Gasteiger partial charge in [0.05, 0.1) is 0 Å². The van der Waals surface area contributed by atoms with Gasteiger partial charge in [0.25, 0.3) is 11.8 Å². The predicted octanol–water partition coefficient (Wildman–Crippen LogP) is 4.06. The number of halogens is 1. The van der Waals surface area contributed by atoms with Gasteiger partial charge >= 0.3 is 0 Å². The van der Waals surface area contributed by atoms with Crippen LogP contribution in [0.5, 0.6) is 0 Å². The summed E-state index contributed by atoms with van der Waals surface area (Å²) < 4.78 is 13.6. The molecule has 0 spiro atoms. The first-order valence-corrected chi connectivity index (χ1v) is 9.30. The van der Waals surface area contributed by atoms with Crippen molar-refractivity contribution in [2.45, 2.75) is 20.3 Å². The SMILES string of the molecule is Cc1cc(C)cc(NC(=O)c2cccc(C(=O)NCCc3ccccc3F)n2)c1. The number of aryl methyl sites for hydroxylation is 2. The van der Waals surface area contributed by atoms with Crippen LogP contribution in [0.2, 0.25) is 0 Å². The van der Waals surface area contributed by atoms with Gasteiger partial charge in [-0.3, -0.25) is 9.59 Å². The molecule has 148 valence electrons. The molecule has 2 N–H and O–H groups in total. The van der Waals surface area contributed by atoms with Gasteiger partial charge in [0.15, 0.2) is 0 Å². The Labute approximate surface area is 169 Å². The number of carbonyl (C=O) groups excluding carboxylic acids is 2. The van der Waals surface area contributed by atoms with Crippen LogP contribution in [-0.4, -0.2) is 23.3 Å². The van der Waals surface area contributed by atoms with Gasteiger partial charge < -0.3 is 10.6 Å². The fourth-order valence-corrected chi connectivity index (χ4v) is 3.03. The standard InChI is InChI=1S/C23H22FN3O2/c1-15-12-16(2)14-18(13-15)26-23(29)21-9-5-8-20(27-21)22(28)25-11-10-17-6-3-4-7-19(17)24/h3-9,12-14H,10-11H2,1-2H3,(H,25,28)(H,26,29). The van der Waals surface area contributed by atoms with E-state index in [0.717, 1.165) is 11.1 Å². The molecule has 0 unspecified atom stereocenters. The molecule has 0 bridgehead atoms. The van der Waals surface area contributed by atoms with Crippen LogP contribution >= 0.6 is 0 Å². The lowest BCUT2D eigenvalue weighted by atomic mass is 10.1. The average molecular weight is 391 g/mol. The van der Waals surface area contributed by atoms with E-state index in [0.29, 0.717) is 17.7 Å². The van der Waals surface area contributed by atoms with E-state index in [9.17, 15) is 14.0 Å². The Bertz CT molecular complexity index is 1030. The molecule has 2 amide bonds. The van der Waals surface area contributed by atoms with Crippen molar-refractivity contribution in [1.29, 1.82) is 0 Å². The number of hydrogen-bond donors (Lipinski definition) is 2. The molecule has 5 nitrogen and oxygen atoms in total. The topological polar surface area (TPSA) is 71.1 Å². The molecule has 0 aliphatic rings. The fraction of sp³-hybridized carbons (Fsp3) is 0.174. The van der Waals surface area contributed by atoms with Crippen molar-refractivity contribution in [2.75, 3.05) is 11.9 Å². The van der Waals surface area contributed by atoms with Crippen LogP contribution in [0.3, 0.4) is 0 Å². The summed E-state index contributed by atoms with van der Waals surface area (Å²) in [5.41, 5.74) is 3.56. The largest absolute Gasteiger partial charge is 0.350 e. The molecule has 3 rings (SSSR count). The molecule has 0 saturated heterocycles. The van der Waals surface area contributed by atoms with Crippen LogP contribution in [-0.2, 0) is 6.42 Å². The summed E-state index contributed by atoms with van der Waals surface area (Å²) in [4.78, 5) is 29.0. The molecular formula is C23H22FN3O2. The van der Waals surface area contributed by atoms with E-state index in [-0.39, 0.29) is 23.7 Å². The van der Waals surface area contributed by atoms with Gasteiger partial charge in [-0.25, -0.2) is 9.37 Å². The van der Waals surface area contributed by atoms with Crippen molar-refractivity contribution in [3.63, 3.8) is 0 Å². The van der Waals surface area contributed by atoms with Crippen LogP contribution in [0.25, 0.3) is 0 Å². The van der Waals surface area contributed by atoms with E-state index in [4.69, 9.17) is 0 Å².